The first-order chi connectivity index (χ1) is 12.6. The van der Waals surface area contributed by atoms with Crippen LogP contribution >= 0.6 is 0 Å². The summed E-state index contributed by atoms with van der Waals surface area (Å²) in [5.41, 5.74) is 6.07. The topological polar surface area (TPSA) is 73.0 Å². The Labute approximate surface area is 154 Å². The van der Waals surface area contributed by atoms with Crippen LogP contribution in [-0.4, -0.2) is 34.1 Å². The Balaban J connectivity index is 1.49. The lowest BCUT2D eigenvalue weighted by Gasteiger charge is -2.16. The second-order valence-corrected chi connectivity index (χ2v) is 7.75. The quantitative estimate of drug-likeness (QED) is 0.773. The molecule has 2 aromatic rings. The fourth-order valence-corrected chi connectivity index (χ4v) is 3.80. The third-order valence-corrected chi connectivity index (χ3v) is 5.34. The average Bonchev–Trinajstić information content (AvgIpc) is 3.24. The molecule has 0 saturated carbocycles. The number of H-pyrrole nitrogens is 1. The third-order valence-electron chi connectivity index (χ3n) is 5.34. The van der Waals surface area contributed by atoms with E-state index in [1.54, 1.807) is 0 Å². The summed E-state index contributed by atoms with van der Waals surface area (Å²) in [7, 11) is 0. The minimum absolute atomic E-state index is 0.125. The largest absolute Gasteiger partial charge is 0.320 e. The van der Waals surface area contributed by atoms with Gasteiger partial charge in [-0.05, 0) is 36.1 Å². The lowest BCUT2D eigenvalue weighted by molar-refractivity contribution is 0.102. The predicted molar refractivity (Wildman–Crippen MR) is 102 cm³/mol. The molecular weight excluding hydrogens is 326 g/mol. The molecule has 1 amide bonds. The van der Waals surface area contributed by atoms with Gasteiger partial charge in [0.05, 0.1) is 0 Å². The maximum atomic E-state index is 12.8. The molecule has 0 aliphatic carbocycles. The molecule has 0 radical (unpaired) electrons. The predicted octanol–water partition coefficient (Wildman–Crippen LogP) is 2.67. The van der Waals surface area contributed by atoms with Gasteiger partial charge in [0.25, 0.3) is 5.91 Å². The maximum absolute atomic E-state index is 12.8. The molecule has 3 N–H and O–H groups in total. The van der Waals surface area contributed by atoms with Crippen LogP contribution in [0, 0.1) is 5.92 Å². The number of hydrogen-bond acceptors (Lipinski definition) is 4. The van der Waals surface area contributed by atoms with Crippen LogP contribution in [0.15, 0.2) is 18.2 Å². The minimum Gasteiger partial charge on any atom is -0.320 e. The Kier molecular flexibility index (Phi) is 4.78. The molecule has 1 aromatic carbocycles. The SMILES string of the molecule is CC(C)CCN1Cc2cccc(NC(=O)c3n[nH]c4c3CNCC4)c2C1. The molecule has 0 spiro atoms. The average molecular weight is 353 g/mol. The normalized spacial score (nSPS) is 16.6. The van der Waals surface area contributed by atoms with E-state index in [2.05, 4.69) is 45.6 Å². The minimum atomic E-state index is -0.125. The van der Waals surface area contributed by atoms with Crippen LogP contribution in [0.1, 0.15) is 53.1 Å². The zero-order chi connectivity index (χ0) is 18.1. The van der Waals surface area contributed by atoms with E-state index in [0.717, 1.165) is 49.5 Å². The van der Waals surface area contributed by atoms with E-state index < -0.39 is 0 Å². The highest BCUT2D eigenvalue weighted by molar-refractivity contribution is 6.04. The summed E-state index contributed by atoms with van der Waals surface area (Å²) in [6.45, 7) is 9.10. The smallest absolute Gasteiger partial charge is 0.276 e. The summed E-state index contributed by atoms with van der Waals surface area (Å²) >= 11 is 0. The second-order valence-electron chi connectivity index (χ2n) is 7.75. The number of rotatable bonds is 5. The van der Waals surface area contributed by atoms with E-state index in [4.69, 9.17) is 0 Å². The zero-order valence-corrected chi connectivity index (χ0v) is 15.6. The lowest BCUT2D eigenvalue weighted by Crippen LogP contribution is -2.25. The number of nitrogens with zero attached hydrogens (tertiary/aromatic N) is 2. The number of aromatic nitrogens is 2. The Morgan fingerprint density at radius 1 is 1.31 bits per heavy atom. The first-order valence-electron chi connectivity index (χ1n) is 9.53. The second kappa shape index (κ2) is 7.21. The molecule has 1 aromatic heterocycles. The van der Waals surface area contributed by atoms with Crippen LogP contribution < -0.4 is 10.6 Å². The van der Waals surface area contributed by atoms with Crippen molar-refractivity contribution in [3.05, 3.63) is 46.3 Å². The van der Waals surface area contributed by atoms with Crippen molar-refractivity contribution >= 4 is 11.6 Å². The van der Waals surface area contributed by atoms with Crippen molar-refractivity contribution in [2.45, 2.75) is 46.3 Å². The molecule has 6 nitrogen and oxygen atoms in total. The molecule has 0 bridgehead atoms. The highest BCUT2D eigenvalue weighted by Crippen LogP contribution is 2.30. The number of anilines is 1. The Morgan fingerprint density at radius 3 is 3.04 bits per heavy atom. The molecule has 0 atom stereocenters. The summed E-state index contributed by atoms with van der Waals surface area (Å²) in [5, 5.41) is 13.7. The van der Waals surface area contributed by atoms with Gasteiger partial charge in [0.15, 0.2) is 5.69 Å². The van der Waals surface area contributed by atoms with Crippen LogP contribution in [0.25, 0.3) is 0 Å². The number of benzene rings is 1. The summed E-state index contributed by atoms with van der Waals surface area (Å²) in [6.07, 6.45) is 2.09. The van der Waals surface area contributed by atoms with Gasteiger partial charge in [-0.3, -0.25) is 14.8 Å². The van der Waals surface area contributed by atoms with E-state index in [1.807, 2.05) is 12.1 Å². The Bertz CT molecular complexity index is 811. The maximum Gasteiger partial charge on any atom is 0.276 e. The summed E-state index contributed by atoms with van der Waals surface area (Å²) < 4.78 is 0. The number of amides is 1. The highest BCUT2D eigenvalue weighted by Gasteiger charge is 2.25. The molecule has 2 aliphatic rings. The summed E-state index contributed by atoms with van der Waals surface area (Å²) in [4.78, 5) is 15.3. The van der Waals surface area contributed by atoms with E-state index in [1.165, 1.54) is 17.5 Å². The van der Waals surface area contributed by atoms with Gasteiger partial charge in [0, 0.05) is 49.5 Å². The van der Waals surface area contributed by atoms with E-state index in [-0.39, 0.29) is 5.91 Å². The summed E-state index contributed by atoms with van der Waals surface area (Å²) in [5.74, 6) is 0.581. The van der Waals surface area contributed by atoms with Gasteiger partial charge in [-0.25, -0.2) is 0 Å². The van der Waals surface area contributed by atoms with Crippen molar-refractivity contribution in [2.75, 3.05) is 18.4 Å². The first-order valence-corrected chi connectivity index (χ1v) is 9.53. The number of hydrogen-bond donors (Lipinski definition) is 3. The molecule has 138 valence electrons. The van der Waals surface area contributed by atoms with Crippen LogP contribution in [0.4, 0.5) is 5.69 Å². The van der Waals surface area contributed by atoms with E-state index >= 15 is 0 Å². The molecule has 0 unspecified atom stereocenters. The van der Waals surface area contributed by atoms with Gasteiger partial charge in [-0.1, -0.05) is 26.0 Å². The van der Waals surface area contributed by atoms with Crippen molar-refractivity contribution in [3.8, 4) is 0 Å². The number of carbonyl (C=O) groups is 1. The third kappa shape index (κ3) is 3.39. The van der Waals surface area contributed by atoms with Crippen LogP contribution in [0.3, 0.4) is 0 Å². The zero-order valence-electron chi connectivity index (χ0n) is 15.6. The molecule has 26 heavy (non-hydrogen) atoms. The van der Waals surface area contributed by atoms with Gasteiger partial charge < -0.3 is 10.6 Å². The van der Waals surface area contributed by atoms with Crippen molar-refractivity contribution in [3.63, 3.8) is 0 Å². The van der Waals surface area contributed by atoms with Gasteiger partial charge >= 0.3 is 0 Å². The van der Waals surface area contributed by atoms with Crippen molar-refractivity contribution in [1.29, 1.82) is 0 Å². The van der Waals surface area contributed by atoms with Crippen molar-refractivity contribution in [1.82, 2.24) is 20.4 Å². The van der Waals surface area contributed by atoms with Crippen LogP contribution in [-0.2, 0) is 26.1 Å². The van der Waals surface area contributed by atoms with Gasteiger partial charge in [-0.2, -0.15) is 5.10 Å². The molecule has 0 saturated heterocycles. The van der Waals surface area contributed by atoms with E-state index in [0.29, 0.717) is 18.2 Å². The lowest BCUT2D eigenvalue weighted by atomic mass is 10.1. The highest BCUT2D eigenvalue weighted by atomic mass is 16.2. The molecular formula is C20H27N5O. The molecule has 4 rings (SSSR count). The van der Waals surface area contributed by atoms with Gasteiger partial charge in [0.2, 0.25) is 0 Å². The monoisotopic (exact) mass is 353 g/mol. The number of aromatic amines is 1. The van der Waals surface area contributed by atoms with Crippen LogP contribution in [0.2, 0.25) is 0 Å². The fourth-order valence-electron chi connectivity index (χ4n) is 3.80. The standard InChI is InChI=1S/C20H27N5O/c1-13(2)7-9-25-11-14-4-3-5-17(16(14)12-25)22-20(26)19-15-10-21-8-6-18(15)23-24-19/h3-5,13,21H,6-12H2,1-2H3,(H,22,26)(H,23,24). The Morgan fingerprint density at radius 2 is 2.19 bits per heavy atom. The summed E-state index contributed by atoms with van der Waals surface area (Å²) in [6, 6.07) is 6.20. The Hall–Kier alpha value is -2.18. The number of carbonyl (C=O) groups excluding carboxylic acids is 1. The molecule has 3 heterocycles. The van der Waals surface area contributed by atoms with Crippen molar-refractivity contribution in [2.24, 2.45) is 5.92 Å². The van der Waals surface area contributed by atoms with Crippen LogP contribution in [0.5, 0.6) is 0 Å². The first kappa shape index (κ1) is 17.2. The van der Waals surface area contributed by atoms with E-state index in [9.17, 15) is 4.79 Å². The molecule has 0 fully saturated rings. The number of nitrogens with one attached hydrogen (secondary N) is 3. The fraction of sp³-hybridized carbons (Fsp3) is 0.500. The molecule has 2 aliphatic heterocycles. The molecule has 6 heteroatoms. The van der Waals surface area contributed by atoms with Crippen molar-refractivity contribution < 1.29 is 4.79 Å². The number of fused-ring (bicyclic) bond motifs is 2. The van der Waals surface area contributed by atoms with Gasteiger partial charge in [-0.15, -0.1) is 0 Å². The van der Waals surface area contributed by atoms with Gasteiger partial charge in [0.1, 0.15) is 0 Å².